The molecular weight excluding hydrogens is 438 g/mol. The van der Waals surface area contributed by atoms with Gasteiger partial charge in [0.25, 0.3) is 5.91 Å². The van der Waals surface area contributed by atoms with Crippen molar-refractivity contribution in [3.05, 3.63) is 39.3 Å². The zero-order chi connectivity index (χ0) is 21.9. The van der Waals surface area contributed by atoms with Crippen LogP contribution in [0.4, 0.5) is 5.69 Å². The van der Waals surface area contributed by atoms with Crippen LogP contribution in [0.5, 0.6) is 0 Å². The van der Waals surface area contributed by atoms with Crippen LogP contribution in [-0.2, 0) is 16.1 Å². The molecule has 0 unspecified atom stereocenters. The van der Waals surface area contributed by atoms with Crippen LogP contribution in [0.15, 0.2) is 24.3 Å². The van der Waals surface area contributed by atoms with Gasteiger partial charge in [0.2, 0.25) is 10.9 Å². The molecule has 0 aliphatic carbocycles. The van der Waals surface area contributed by atoms with Crippen molar-refractivity contribution in [2.24, 2.45) is 0 Å². The number of carbonyl (C=O) groups is 2. The number of halogens is 1. The quantitative estimate of drug-likeness (QED) is 0.522. The Morgan fingerprint density at radius 1 is 1.16 bits per heavy atom. The van der Waals surface area contributed by atoms with E-state index < -0.39 is 0 Å². The number of aromatic nitrogens is 2. The average molecular weight is 466 g/mol. The van der Waals surface area contributed by atoms with Crippen LogP contribution < -0.4 is 10.6 Å². The maximum absolute atomic E-state index is 12.2. The van der Waals surface area contributed by atoms with E-state index in [1.54, 1.807) is 24.3 Å². The molecule has 2 aromatic rings. The van der Waals surface area contributed by atoms with E-state index in [4.69, 9.17) is 16.3 Å². The van der Waals surface area contributed by atoms with Gasteiger partial charge in [0.15, 0.2) is 0 Å². The molecule has 1 aliphatic rings. The summed E-state index contributed by atoms with van der Waals surface area (Å²) in [5.41, 5.74) is 0.581. The summed E-state index contributed by atoms with van der Waals surface area (Å²) in [7, 11) is 0. The maximum atomic E-state index is 12.2. The first-order valence-electron chi connectivity index (χ1n) is 10.6. The fourth-order valence-electron chi connectivity index (χ4n) is 3.33. The van der Waals surface area contributed by atoms with Crippen LogP contribution in [0.1, 0.15) is 46.9 Å². The number of rotatable bonds is 10. The van der Waals surface area contributed by atoms with Gasteiger partial charge in [-0.25, -0.2) is 0 Å². The first-order valence-corrected chi connectivity index (χ1v) is 11.8. The number of hydrogen-bond donors (Lipinski definition) is 2. The van der Waals surface area contributed by atoms with Crippen LogP contribution in [0.25, 0.3) is 0 Å². The minimum absolute atomic E-state index is 0.0483. The van der Waals surface area contributed by atoms with Gasteiger partial charge >= 0.3 is 0 Å². The minimum Gasteiger partial charge on any atom is -0.364 e. The van der Waals surface area contributed by atoms with Crippen LogP contribution >= 0.6 is 22.9 Å². The number of ether oxygens (including phenoxy) is 1. The van der Waals surface area contributed by atoms with Crippen molar-refractivity contribution in [3.63, 3.8) is 0 Å². The van der Waals surface area contributed by atoms with Gasteiger partial charge in [-0.2, -0.15) is 0 Å². The molecule has 3 rings (SSSR count). The zero-order valence-corrected chi connectivity index (χ0v) is 19.0. The number of nitrogens with one attached hydrogen (secondary N) is 2. The largest absolute Gasteiger partial charge is 0.364 e. The number of likely N-dealkylation sites (tertiary alicyclic amines) is 1. The predicted octanol–water partition coefficient (Wildman–Crippen LogP) is 3.34. The fraction of sp³-hybridized carbons (Fsp3) is 0.524. The SMILES string of the molecule is O=C(COCc1nnc(C(=O)Nc2cccc(Cl)c2)s1)NCCCN1CCCCCC1. The topological polar surface area (TPSA) is 96.5 Å². The molecule has 1 aromatic heterocycles. The lowest BCUT2D eigenvalue weighted by atomic mass is 10.2. The van der Waals surface area contributed by atoms with E-state index in [9.17, 15) is 9.59 Å². The summed E-state index contributed by atoms with van der Waals surface area (Å²) in [6.45, 7) is 4.07. The summed E-state index contributed by atoms with van der Waals surface area (Å²) in [4.78, 5) is 26.6. The molecule has 0 atom stereocenters. The van der Waals surface area contributed by atoms with Crippen molar-refractivity contribution in [2.45, 2.75) is 38.7 Å². The Morgan fingerprint density at radius 2 is 1.97 bits per heavy atom. The molecule has 2 N–H and O–H groups in total. The Hall–Kier alpha value is -2.07. The van der Waals surface area contributed by atoms with E-state index >= 15 is 0 Å². The fourth-order valence-corrected chi connectivity index (χ4v) is 4.19. The second-order valence-corrected chi connectivity index (χ2v) is 8.92. The van der Waals surface area contributed by atoms with Gasteiger partial charge < -0.3 is 20.3 Å². The highest BCUT2D eigenvalue weighted by atomic mass is 35.5. The van der Waals surface area contributed by atoms with E-state index in [0.29, 0.717) is 22.3 Å². The lowest BCUT2D eigenvalue weighted by molar-refractivity contribution is -0.126. The second kappa shape index (κ2) is 12.7. The monoisotopic (exact) mass is 465 g/mol. The Balaban J connectivity index is 1.30. The molecule has 2 heterocycles. The molecule has 0 saturated carbocycles. The van der Waals surface area contributed by atoms with Crippen molar-refractivity contribution in [1.29, 1.82) is 0 Å². The second-order valence-electron chi connectivity index (χ2n) is 7.42. The van der Waals surface area contributed by atoms with Gasteiger partial charge in [-0.1, -0.05) is 41.8 Å². The Bertz CT molecular complexity index is 855. The molecule has 1 fully saturated rings. The van der Waals surface area contributed by atoms with Gasteiger partial charge in [-0.05, 0) is 57.1 Å². The maximum Gasteiger partial charge on any atom is 0.286 e. The van der Waals surface area contributed by atoms with Gasteiger partial charge in [0, 0.05) is 17.3 Å². The summed E-state index contributed by atoms with van der Waals surface area (Å²) in [5, 5.41) is 14.7. The highest BCUT2D eigenvalue weighted by Gasteiger charge is 2.14. The van der Waals surface area contributed by atoms with Crippen molar-refractivity contribution in [2.75, 3.05) is 38.1 Å². The standard InChI is InChI=1S/C21H28ClN5O3S/c22-16-7-5-8-17(13-16)24-20(29)21-26-25-19(31-21)15-30-14-18(28)23-9-6-12-27-10-3-1-2-4-11-27/h5,7-8,13H,1-4,6,9-12,14-15H2,(H,23,28)(H,24,29). The molecule has 168 valence electrons. The van der Waals surface area contributed by atoms with Crippen LogP contribution in [0, 0.1) is 0 Å². The predicted molar refractivity (Wildman–Crippen MR) is 122 cm³/mol. The Morgan fingerprint density at radius 3 is 2.74 bits per heavy atom. The Kier molecular flexibility index (Phi) is 9.67. The number of anilines is 1. The van der Waals surface area contributed by atoms with E-state index in [0.717, 1.165) is 37.4 Å². The zero-order valence-electron chi connectivity index (χ0n) is 17.4. The normalized spacial score (nSPS) is 14.7. The van der Waals surface area contributed by atoms with E-state index in [1.807, 2.05) is 0 Å². The third kappa shape index (κ3) is 8.53. The van der Waals surface area contributed by atoms with Crippen molar-refractivity contribution >= 4 is 40.4 Å². The summed E-state index contributed by atoms with van der Waals surface area (Å²) in [6, 6.07) is 6.86. The van der Waals surface area contributed by atoms with Gasteiger partial charge in [0.1, 0.15) is 18.2 Å². The first-order chi connectivity index (χ1) is 15.1. The number of benzene rings is 1. The number of nitrogens with zero attached hydrogens (tertiary/aromatic N) is 3. The molecule has 31 heavy (non-hydrogen) atoms. The third-order valence-electron chi connectivity index (χ3n) is 4.87. The summed E-state index contributed by atoms with van der Waals surface area (Å²) in [6.07, 6.45) is 6.14. The van der Waals surface area contributed by atoms with Gasteiger partial charge in [0.05, 0.1) is 0 Å². The highest BCUT2D eigenvalue weighted by Crippen LogP contribution is 2.17. The van der Waals surface area contributed by atoms with Crippen LogP contribution in [-0.4, -0.2) is 59.7 Å². The summed E-state index contributed by atoms with van der Waals surface area (Å²) < 4.78 is 5.41. The molecule has 1 aliphatic heterocycles. The first kappa shape index (κ1) is 23.6. The number of carbonyl (C=O) groups excluding carboxylic acids is 2. The molecule has 1 aromatic carbocycles. The molecule has 0 spiro atoms. The van der Waals surface area contributed by atoms with Crippen LogP contribution in [0.3, 0.4) is 0 Å². The van der Waals surface area contributed by atoms with Gasteiger partial charge in [-0.3, -0.25) is 9.59 Å². The van der Waals surface area contributed by atoms with Crippen molar-refractivity contribution in [1.82, 2.24) is 20.4 Å². The molecule has 1 saturated heterocycles. The number of hydrogen-bond acceptors (Lipinski definition) is 7. The summed E-state index contributed by atoms with van der Waals surface area (Å²) >= 11 is 7.04. The highest BCUT2D eigenvalue weighted by molar-refractivity contribution is 7.13. The van der Waals surface area contributed by atoms with Crippen molar-refractivity contribution in [3.8, 4) is 0 Å². The smallest absolute Gasteiger partial charge is 0.286 e. The Labute approximate surface area is 191 Å². The van der Waals surface area contributed by atoms with E-state index in [-0.39, 0.29) is 30.0 Å². The molecule has 0 bridgehead atoms. The van der Waals surface area contributed by atoms with Gasteiger partial charge in [-0.15, -0.1) is 10.2 Å². The molecular formula is C21H28ClN5O3S. The molecule has 2 amide bonds. The third-order valence-corrected chi connectivity index (χ3v) is 6.00. The minimum atomic E-state index is -0.367. The molecule has 0 radical (unpaired) electrons. The average Bonchev–Trinajstić information content (AvgIpc) is 3.07. The molecule has 8 nitrogen and oxygen atoms in total. The molecule has 10 heteroatoms. The lowest BCUT2D eigenvalue weighted by Gasteiger charge is -2.19. The van der Waals surface area contributed by atoms with Crippen molar-refractivity contribution < 1.29 is 14.3 Å². The summed E-state index contributed by atoms with van der Waals surface area (Å²) in [5.74, 6) is -0.521. The number of amides is 2. The van der Waals surface area contributed by atoms with Crippen LogP contribution in [0.2, 0.25) is 5.02 Å². The lowest BCUT2D eigenvalue weighted by Crippen LogP contribution is -2.32. The van der Waals surface area contributed by atoms with E-state index in [1.165, 1.54) is 25.7 Å². The van der Waals surface area contributed by atoms with E-state index in [2.05, 4.69) is 25.7 Å².